The minimum atomic E-state index is -0.902. The number of nitrogens with zero attached hydrogens (tertiary/aromatic N) is 1. The molecule has 0 heterocycles. The van der Waals surface area contributed by atoms with Crippen molar-refractivity contribution in [2.75, 3.05) is 10.8 Å². The van der Waals surface area contributed by atoms with Crippen LogP contribution in [0.3, 0.4) is 0 Å². The number of anilines is 1. The van der Waals surface area contributed by atoms with Crippen molar-refractivity contribution in [3.8, 4) is 0 Å². The molecule has 0 spiro atoms. The van der Waals surface area contributed by atoms with Crippen LogP contribution in [0, 0.1) is 0 Å². The molecule has 4 nitrogen and oxygen atoms in total. The summed E-state index contributed by atoms with van der Waals surface area (Å²) in [5.41, 5.74) is 1.08. The van der Waals surface area contributed by atoms with E-state index >= 15 is 0 Å². The maximum Gasteiger partial charge on any atom is 0.248 e. The molecule has 154 valence electrons. The second kappa shape index (κ2) is 10.3. The highest BCUT2D eigenvalue weighted by atomic mass is 35.5. The molecule has 29 heavy (non-hydrogen) atoms. The van der Waals surface area contributed by atoms with Crippen molar-refractivity contribution in [3.05, 3.63) is 64.1 Å². The van der Waals surface area contributed by atoms with Crippen LogP contribution in [0.2, 0.25) is 10.0 Å². The zero-order valence-electron chi connectivity index (χ0n) is 15.9. The molecular formula is C22H23Cl3N2O2. The minimum absolute atomic E-state index is 0.102. The number of amides is 2. The van der Waals surface area contributed by atoms with Gasteiger partial charge in [-0.25, -0.2) is 0 Å². The van der Waals surface area contributed by atoms with Crippen LogP contribution in [0.1, 0.15) is 43.7 Å². The van der Waals surface area contributed by atoms with Crippen LogP contribution in [-0.2, 0) is 9.59 Å². The summed E-state index contributed by atoms with van der Waals surface area (Å²) in [5, 5.41) is 4.05. The predicted octanol–water partition coefficient (Wildman–Crippen LogP) is 5.76. The summed E-state index contributed by atoms with van der Waals surface area (Å²) in [7, 11) is 0. The first-order chi connectivity index (χ1) is 14.0. The van der Waals surface area contributed by atoms with Gasteiger partial charge in [-0.15, -0.1) is 11.6 Å². The van der Waals surface area contributed by atoms with Crippen molar-refractivity contribution in [1.29, 1.82) is 0 Å². The summed E-state index contributed by atoms with van der Waals surface area (Å²) in [5.74, 6) is -0.928. The Hall–Kier alpha value is -1.75. The third kappa shape index (κ3) is 5.44. The van der Waals surface area contributed by atoms with E-state index < -0.39 is 11.9 Å². The Morgan fingerprint density at radius 1 is 1.00 bits per heavy atom. The van der Waals surface area contributed by atoms with Crippen LogP contribution < -0.4 is 10.2 Å². The fourth-order valence-electron chi connectivity index (χ4n) is 3.72. The van der Waals surface area contributed by atoms with Gasteiger partial charge < -0.3 is 5.32 Å². The Morgan fingerprint density at radius 3 is 2.28 bits per heavy atom. The lowest BCUT2D eigenvalue weighted by Crippen LogP contribution is -2.47. The third-order valence-corrected chi connectivity index (χ3v) is 5.94. The summed E-state index contributed by atoms with van der Waals surface area (Å²) in [6.45, 7) is 0. The van der Waals surface area contributed by atoms with Crippen molar-refractivity contribution in [3.63, 3.8) is 0 Å². The molecule has 2 amide bonds. The van der Waals surface area contributed by atoms with Gasteiger partial charge in [0.15, 0.2) is 0 Å². The second-order valence-electron chi connectivity index (χ2n) is 7.15. The van der Waals surface area contributed by atoms with E-state index in [1.807, 2.05) is 0 Å². The predicted molar refractivity (Wildman–Crippen MR) is 119 cm³/mol. The largest absolute Gasteiger partial charge is 0.351 e. The SMILES string of the molecule is O=C(NC1CCCCC1)C(c1ccc(Cl)cc1)N(C(=O)CCl)c1ccccc1Cl. The van der Waals surface area contributed by atoms with Gasteiger partial charge in [0.2, 0.25) is 11.8 Å². The Labute approximate surface area is 186 Å². The van der Waals surface area contributed by atoms with Gasteiger partial charge in [0.1, 0.15) is 11.9 Å². The summed E-state index contributed by atoms with van der Waals surface area (Å²) in [6.07, 6.45) is 5.24. The number of carbonyl (C=O) groups excluding carboxylic acids is 2. The van der Waals surface area contributed by atoms with Crippen LogP contribution in [0.4, 0.5) is 5.69 Å². The van der Waals surface area contributed by atoms with Gasteiger partial charge in [-0.05, 0) is 42.7 Å². The molecular weight excluding hydrogens is 431 g/mol. The summed E-state index contributed by atoms with van der Waals surface area (Å²) in [6, 6.07) is 13.0. The maximum atomic E-state index is 13.4. The number of carbonyl (C=O) groups is 2. The number of halogens is 3. The normalized spacial score (nSPS) is 15.6. The Bertz CT molecular complexity index is 851. The first-order valence-electron chi connectivity index (χ1n) is 9.69. The van der Waals surface area contributed by atoms with E-state index in [4.69, 9.17) is 34.8 Å². The molecule has 0 aromatic heterocycles. The first kappa shape index (κ1) is 21.9. The van der Waals surface area contributed by atoms with Gasteiger partial charge in [-0.1, -0.05) is 66.7 Å². The number of para-hydroxylation sites is 1. The van der Waals surface area contributed by atoms with Gasteiger partial charge in [0.25, 0.3) is 0 Å². The number of hydrogen-bond donors (Lipinski definition) is 1. The Balaban J connectivity index is 2.03. The summed E-state index contributed by atoms with van der Waals surface area (Å²) >= 11 is 18.3. The highest BCUT2D eigenvalue weighted by molar-refractivity contribution is 6.35. The number of hydrogen-bond acceptors (Lipinski definition) is 2. The summed E-state index contributed by atoms with van der Waals surface area (Å²) < 4.78 is 0. The molecule has 0 saturated heterocycles. The van der Waals surface area contributed by atoms with Crippen molar-refractivity contribution in [2.24, 2.45) is 0 Å². The molecule has 0 aliphatic heterocycles. The maximum absolute atomic E-state index is 13.4. The van der Waals surface area contributed by atoms with E-state index in [9.17, 15) is 9.59 Å². The smallest absolute Gasteiger partial charge is 0.248 e. The number of rotatable bonds is 6. The number of nitrogens with one attached hydrogen (secondary N) is 1. The standard InChI is InChI=1S/C22H23Cl3N2O2/c23-14-20(28)27(19-9-5-4-8-18(19)25)21(15-10-12-16(24)13-11-15)22(29)26-17-6-2-1-3-7-17/h4-5,8-13,17,21H,1-3,6-7,14H2,(H,26,29). The number of alkyl halides is 1. The van der Waals surface area contributed by atoms with Gasteiger partial charge >= 0.3 is 0 Å². The zero-order chi connectivity index (χ0) is 20.8. The van der Waals surface area contributed by atoms with Gasteiger partial charge in [-0.3, -0.25) is 14.5 Å². The molecule has 0 radical (unpaired) electrons. The molecule has 1 aliphatic carbocycles. The molecule has 1 aliphatic rings. The van der Waals surface area contributed by atoms with Crippen molar-refractivity contribution >= 4 is 52.3 Å². The molecule has 0 bridgehead atoms. The van der Waals surface area contributed by atoms with E-state index in [0.717, 1.165) is 25.7 Å². The zero-order valence-corrected chi connectivity index (χ0v) is 18.2. The average molecular weight is 454 g/mol. The van der Waals surface area contributed by atoms with Gasteiger partial charge in [0, 0.05) is 11.1 Å². The molecule has 1 fully saturated rings. The highest BCUT2D eigenvalue weighted by Crippen LogP contribution is 2.34. The molecule has 1 atom stereocenters. The van der Waals surface area contributed by atoms with Gasteiger partial charge in [-0.2, -0.15) is 0 Å². The lowest BCUT2D eigenvalue weighted by atomic mass is 9.94. The molecule has 1 saturated carbocycles. The van der Waals surface area contributed by atoms with E-state index in [2.05, 4.69) is 5.32 Å². The van der Waals surface area contributed by atoms with E-state index in [-0.39, 0.29) is 17.8 Å². The van der Waals surface area contributed by atoms with Crippen molar-refractivity contribution in [1.82, 2.24) is 5.32 Å². The average Bonchev–Trinajstić information content (AvgIpc) is 2.74. The highest BCUT2D eigenvalue weighted by Gasteiger charge is 2.34. The quantitative estimate of drug-likeness (QED) is 0.566. The van der Waals surface area contributed by atoms with Crippen LogP contribution >= 0.6 is 34.8 Å². The summed E-state index contributed by atoms with van der Waals surface area (Å²) in [4.78, 5) is 27.7. The van der Waals surface area contributed by atoms with Crippen LogP contribution in [-0.4, -0.2) is 23.7 Å². The lowest BCUT2D eigenvalue weighted by molar-refractivity contribution is -0.126. The molecule has 2 aromatic carbocycles. The van der Waals surface area contributed by atoms with Crippen molar-refractivity contribution < 1.29 is 9.59 Å². The monoisotopic (exact) mass is 452 g/mol. The molecule has 3 rings (SSSR count). The molecule has 7 heteroatoms. The first-order valence-corrected chi connectivity index (χ1v) is 11.0. The topological polar surface area (TPSA) is 49.4 Å². The molecule has 1 unspecified atom stereocenters. The third-order valence-electron chi connectivity index (χ3n) is 5.14. The molecule has 2 aromatic rings. The van der Waals surface area contributed by atoms with Gasteiger partial charge in [0.05, 0.1) is 10.7 Å². The van der Waals surface area contributed by atoms with E-state index in [1.165, 1.54) is 11.3 Å². The number of benzene rings is 2. The second-order valence-corrected chi connectivity index (χ2v) is 8.26. The lowest BCUT2D eigenvalue weighted by Gasteiger charge is -2.33. The Morgan fingerprint density at radius 2 is 1.66 bits per heavy atom. The Kier molecular flexibility index (Phi) is 7.82. The van der Waals surface area contributed by atoms with Crippen LogP contribution in [0.15, 0.2) is 48.5 Å². The van der Waals surface area contributed by atoms with E-state index in [1.54, 1.807) is 48.5 Å². The van der Waals surface area contributed by atoms with Crippen molar-refractivity contribution in [2.45, 2.75) is 44.2 Å². The van der Waals surface area contributed by atoms with Crippen LogP contribution in [0.5, 0.6) is 0 Å². The van der Waals surface area contributed by atoms with E-state index in [0.29, 0.717) is 21.3 Å². The van der Waals surface area contributed by atoms with Crippen LogP contribution in [0.25, 0.3) is 0 Å². The molecule has 1 N–H and O–H groups in total. The minimum Gasteiger partial charge on any atom is -0.351 e. The fraction of sp³-hybridized carbons (Fsp3) is 0.364. The fourth-order valence-corrected chi connectivity index (χ4v) is 4.20.